The van der Waals surface area contributed by atoms with Gasteiger partial charge in [-0.05, 0) is 40.9 Å². The van der Waals surface area contributed by atoms with Crippen LogP contribution in [0.2, 0.25) is 0 Å². The number of hydrogen-bond donors (Lipinski definition) is 2. The molecule has 1 amide bonds. The number of nitrogens with zero attached hydrogens (tertiary/aromatic N) is 1. The van der Waals surface area contributed by atoms with Crippen molar-refractivity contribution in [3.8, 4) is 0 Å². The van der Waals surface area contributed by atoms with Crippen LogP contribution >= 0.6 is 11.3 Å². The van der Waals surface area contributed by atoms with E-state index in [-0.39, 0.29) is 5.91 Å². The Morgan fingerprint density at radius 1 is 1.44 bits per heavy atom. The van der Waals surface area contributed by atoms with Gasteiger partial charge in [0.2, 0.25) is 0 Å². The van der Waals surface area contributed by atoms with E-state index in [0.29, 0.717) is 12.2 Å². The SMILES string of the molecule is CNc1ccnc(C(=O)NCCc2ccsc2)c1. The number of thiophene rings is 1. The van der Waals surface area contributed by atoms with Crippen LogP contribution < -0.4 is 10.6 Å². The van der Waals surface area contributed by atoms with Crippen LogP contribution in [0.5, 0.6) is 0 Å². The molecule has 0 radical (unpaired) electrons. The van der Waals surface area contributed by atoms with Crippen LogP contribution in [-0.4, -0.2) is 24.5 Å². The monoisotopic (exact) mass is 261 g/mol. The smallest absolute Gasteiger partial charge is 0.269 e. The summed E-state index contributed by atoms with van der Waals surface area (Å²) in [5.74, 6) is -0.137. The van der Waals surface area contributed by atoms with E-state index in [1.54, 1.807) is 23.6 Å². The average Bonchev–Trinajstić information content (AvgIpc) is 2.92. The maximum absolute atomic E-state index is 11.8. The molecule has 4 nitrogen and oxygen atoms in total. The van der Waals surface area contributed by atoms with Crippen molar-refractivity contribution in [2.75, 3.05) is 18.9 Å². The molecule has 0 saturated heterocycles. The molecular formula is C13H15N3OS. The molecule has 0 aliphatic heterocycles. The Labute approximate surface area is 110 Å². The van der Waals surface area contributed by atoms with E-state index in [0.717, 1.165) is 12.1 Å². The van der Waals surface area contributed by atoms with Gasteiger partial charge in [-0.1, -0.05) is 0 Å². The van der Waals surface area contributed by atoms with Gasteiger partial charge in [-0.25, -0.2) is 0 Å². The van der Waals surface area contributed by atoms with Gasteiger partial charge < -0.3 is 10.6 Å². The Bertz CT molecular complexity index is 511. The summed E-state index contributed by atoms with van der Waals surface area (Å²) in [6.07, 6.45) is 2.47. The third-order valence-electron chi connectivity index (χ3n) is 2.56. The molecule has 0 unspecified atom stereocenters. The summed E-state index contributed by atoms with van der Waals surface area (Å²) in [4.78, 5) is 15.9. The zero-order valence-corrected chi connectivity index (χ0v) is 11.0. The lowest BCUT2D eigenvalue weighted by Gasteiger charge is -2.05. The Morgan fingerprint density at radius 3 is 3.06 bits per heavy atom. The number of carbonyl (C=O) groups excluding carboxylic acids is 1. The molecule has 0 atom stereocenters. The first kappa shape index (κ1) is 12.6. The predicted octanol–water partition coefficient (Wildman–Crippen LogP) is 2.16. The summed E-state index contributed by atoms with van der Waals surface area (Å²) in [7, 11) is 1.81. The van der Waals surface area contributed by atoms with Crippen molar-refractivity contribution in [2.24, 2.45) is 0 Å². The van der Waals surface area contributed by atoms with E-state index in [4.69, 9.17) is 0 Å². The number of anilines is 1. The Kier molecular flexibility index (Phi) is 4.30. The first-order valence-corrected chi connectivity index (χ1v) is 6.67. The highest BCUT2D eigenvalue weighted by Crippen LogP contribution is 2.07. The molecule has 94 valence electrons. The number of amides is 1. The number of aromatic nitrogens is 1. The number of carbonyl (C=O) groups is 1. The summed E-state index contributed by atoms with van der Waals surface area (Å²) in [6.45, 7) is 0.626. The van der Waals surface area contributed by atoms with E-state index in [1.165, 1.54) is 5.56 Å². The van der Waals surface area contributed by atoms with E-state index in [2.05, 4.69) is 27.1 Å². The Hall–Kier alpha value is -1.88. The highest BCUT2D eigenvalue weighted by molar-refractivity contribution is 7.07. The summed E-state index contributed by atoms with van der Waals surface area (Å²) < 4.78 is 0. The van der Waals surface area contributed by atoms with Crippen LogP contribution in [0.4, 0.5) is 5.69 Å². The second-order valence-corrected chi connectivity index (χ2v) is 4.60. The van der Waals surface area contributed by atoms with Crippen LogP contribution in [0, 0.1) is 0 Å². The lowest BCUT2D eigenvalue weighted by molar-refractivity contribution is 0.0949. The van der Waals surface area contributed by atoms with Gasteiger partial charge in [0.05, 0.1) is 0 Å². The van der Waals surface area contributed by atoms with Crippen molar-refractivity contribution in [1.29, 1.82) is 0 Å². The first-order chi connectivity index (χ1) is 8.79. The van der Waals surface area contributed by atoms with Crippen molar-refractivity contribution in [3.05, 3.63) is 46.4 Å². The van der Waals surface area contributed by atoms with Gasteiger partial charge in [0.1, 0.15) is 5.69 Å². The van der Waals surface area contributed by atoms with Crippen LogP contribution in [0.25, 0.3) is 0 Å². The normalized spacial score (nSPS) is 10.1. The van der Waals surface area contributed by atoms with E-state index in [9.17, 15) is 4.79 Å². The van der Waals surface area contributed by atoms with Crippen LogP contribution in [0.3, 0.4) is 0 Å². The Morgan fingerprint density at radius 2 is 2.33 bits per heavy atom. The molecule has 18 heavy (non-hydrogen) atoms. The number of hydrogen-bond acceptors (Lipinski definition) is 4. The van der Waals surface area contributed by atoms with Crippen LogP contribution in [0.15, 0.2) is 35.2 Å². The average molecular weight is 261 g/mol. The summed E-state index contributed by atoms with van der Waals surface area (Å²) >= 11 is 1.67. The Balaban J connectivity index is 1.87. The zero-order valence-electron chi connectivity index (χ0n) is 10.1. The summed E-state index contributed by atoms with van der Waals surface area (Å²) in [5.41, 5.74) is 2.57. The third kappa shape index (κ3) is 3.30. The van der Waals surface area contributed by atoms with Gasteiger partial charge >= 0.3 is 0 Å². The van der Waals surface area contributed by atoms with Gasteiger partial charge in [0.25, 0.3) is 5.91 Å². The highest BCUT2D eigenvalue weighted by Gasteiger charge is 2.06. The number of nitrogens with one attached hydrogen (secondary N) is 2. The van der Waals surface area contributed by atoms with Gasteiger partial charge in [-0.15, -0.1) is 0 Å². The number of pyridine rings is 1. The largest absolute Gasteiger partial charge is 0.388 e. The van der Waals surface area contributed by atoms with E-state index < -0.39 is 0 Å². The molecule has 2 rings (SSSR count). The van der Waals surface area contributed by atoms with Crippen molar-refractivity contribution in [2.45, 2.75) is 6.42 Å². The molecule has 0 aromatic carbocycles. The maximum Gasteiger partial charge on any atom is 0.269 e. The fourth-order valence-corrected chi connectivity index (χ4v) is 2.26. The van der Waals surface area contributed by atoms with Gasteiger partial charge in [-0.2, -0.15) is 11.3 Å². The minimum absolute atomic E-state index is 0.137. The third-order valence-corrected chi connectivity index (χ3v) is 3.29. The van der Waals surface area contributed by atoms with Gasteiger partial charge in [0.15, 0.2) is 0 Å². The van der Waals surface area contributed by atoms with Crippen LogP contribution in [0.1, 0.15) is 16.1 Å². The van der Waals surface area contributed by atoms with Crippen molar-refractivity contribution >= 4 is 22.9 Å². The first-order valence-electron chi connectivity index (χ1n) is 5.72. The van der Waals surface area contributed by atoms with Crippen molar-refractivity contribution in [3.63, 3.8) is 0 Å². The molecule has 2 aromatic rings. The molecule has 2 N–H and O–H groups in total. The van der Waals surface area contributed by atoms with Crippen LogP contribution in [-0.2, 0) is 6.42 Å². The minimum Gasteiger partial charge on any atom is -0.388 e. The molecule has 2 aromatic heterocycles. The predicted molar refractivity (Wildman–Crippen MR) is 74.1 cm³/mol. The molecule has 0 spiro atoms. The highest BCUT2D eigenvalue weighted by atomic mass is 32.1. The second-order valence-electron chi connectivity index (χ2n) is 3.82. The van der Waals surface area contributed by atoms with E-state index >= 15 is 0 Å². The molecule has 0 bridgehead atoms. The molecule has 0 aliphatic carbocycles. The lowest BCUT2D eigenvalue weighted by atomic mass is 10.2. The zero-order chi connectivity index (χ0) is 12.8. The second kappa shape index (κ2) is 6.16. The standard InChI is InChI=1S/C13H15N3OS/c1-14-11-3-6-15-12(8-11)13(17)16-5-2-10-4-7-18-9-10/h3-4,6-9H,2,5H2,1H3,(H,14,15)(H,16,17). The molecule has 5 heteroatoms. The minimum atomic E-state index is -0.137. The maximum atomic E-state index is 11.8. The van der Waals surface area contributed by atoms with Crippen molar-refractivity contribution in [1.82, 2.24) is 10.3 Å². The summed E-state index contributed by atoms with van der Waals surface area (Å²) in [5, 5.41) is 9.97. The fourth-order valence-electron chi connectivity index (χ4n) is 1.56. The molecular weight excluding hydrogens is 246 g/mol. The quantitative estimate of drug-likeness (QED) is 0.867. The van der Waals surface area contributed by atoms with Gasteiger partial charge in [-0.3, -0.25) is 9.78 Å². The summed E-state index contributed by atoms with van der Waals surface area (Å²) in [6, 6.07) is 5.62. The van der Waals surface area contributed by atoms with E-state index in [1.807, 2.05) is 18.5 Å². The van der Waals surface area contributed by atoms with Gasteiger partial charge in [0, 0.05) is 25.5 Å². The fraction of sp³-hybridized carbons (Fsp3) is 0.231. The van der Waals surface area contributed by atoms with Crippen molar-refractivity contribution < 1.29 is 4.79 Å². The lowest BCUT2D eigenvalue weighted by Crippen LogP contribution is -2.26. The molecule has 2 heterocycles. The molecule has 0 fully saturated rings. The molecule has 0 aliphatic rings. The number of rotatable bonds is 5. The topological polar surface area (TPSA) is 54.0 Å². The molecule has 0 saturated carbocycles.